The van der Waals surface area contributed by atoms with Gasteiger partial charge in [0, 0.05) is 49.7 Å². The fourth-order valence-electron chi connectivity index (χ4n) is 4.24. The Kier molecular flexibility index (Phi) is 4.91. The summed E-state index contributed by atoms with van der Waals surface area (Å²) in [5.74, 6) is 3.19. The van der Waals surface area contributed by atoms with Gasteiger partial charge in [-0.1, -0.05) is 21.9 Å². The zero-order chi connectivity index (χ0) is 23.2. The largest absolute Gasteiger partial charge is 0.344 e. The molecular weight excluding hydrogens is 456 g/mol. The molecule has 0 fully saturated rings. The summed E-state index contributed by atoms with van der Waals surface area (Å²) in [6.45, 7) is 3.57. The second-order valence-electron chi connectivity index (χ2n) is 8.24. The molecule has 0 atom stereocenters. The van der Waals surface area contributed by atoms with Crippen LogP contribution < -0.4 is 5.32 Å². The van der Waals surface area contributed by atoms with Crippen molar-refractivity contribution >= 4 is 23.2 Å². The summed E-state index contributed by atoms with van der Waals surface area (Å²) in [4.78, 5) is 4.42. The molecule has 0 aromatic carbocycles. The van der Waals surface area contributed by atoms with E-state index in [4.69, 9.17) is 16.2 Å². The van der Waals surface area contributed by atoms with Crippen LogP contribution in [-0.4, -0.2) is 44.4 Å². The van der Waals surface area contributed by atoms with Crippen molar-refractivity contribution in [2.24, 2.45) is 7.05 Å². The molecule has 6 heterocycles. The average Bonchev–Trinajstić information content (AvgIpc) is 3.59. The molecule has 0 saturated carbocycles. The molecule has 1 aliphatic heterocycles. The maximum absolute atomic E-state index is 6.57. The fraction of sp³-hybridized carbons (Fsp3) is 0.273. The minimum Gasteiger partial charge on any atom is -0.344 e. The molecule has 0 radical (unpaired) electrons. The first-order valence-corrected chi connectivity index (χ1v) is 11.3. The van der Waals surface area contributed by atoms with E-state index in [1.165, 1.54) is 0 Å². The molecule has 6 rings (SSSR count). The van der Waals surface area contributed by atoms with Crippen molar-refractivity contribution in [3.8, 4) is 22.6 Å². The lowest BCUT2D eigenvalue weighted by Gasteiger charge is -2.09. The Morgan fingerprint density at radius 2 is 2.09 bits per heavy atom. The molecule has 1 N–H and O–H groups in total. The van der Waals surface area contributed by atoms with Crippen molar-refractivity contribution in [2.45, 2.75) is 32.9 Å². The average molecular weight is 477 g/mol. The Balaban J connectivity index is 1.36. The Bertz CT molecular complexity index is 1490. The molecule has 0 unspecified atom stereocenters. The monoisotopic (exact) mass is 476 g/mol. The maximum Gasteiger partial charge on any atom is 0.180 e. The number of halogens is 1. The van der Waals surface area contributed by atoms with Gasteiger partial charge < -0.3 is 14.5 Å². The third kappa shape index (κ3) is 3.54. The highest BCUT2D eigenvalue weighted by Gasteiger charge is 2.23. The first-order chi connectivity index (χ1) is 16.6. The molecule has 0 bridgehead atoms. The molecule has 0 spiro atoms. The maximum atomic E-state index is 6.57. The van der Waals surface area contributed by atoms with Gasteiger partial charge in [-0.2, -0.15) is 5.10 Å². The molecule has 1 aliphatic rings. The number of anilines is 2. The summed E-state index contributed by atoms with van der Waals surface area (Å²) in [6, 6.07) is 5.94. The standard InChI is InChI=1S/C22H21ClN10O/c1-13-17(30-34-29-13)10-21-27-28-22-18-8-14(12-32(18)6-3-7-33(21)22)15-9-19(24-11-16(15)23)26-20-4-5-25-31(20)2/h4-5,8-9,11-12H,3,6-7,10H2,1-2H3,(H,24,26). The number of aromatic nitrogens is 9. The second-order valence-corrected chi connectivity index (χ2v) is 8.65. The Morgan fingerprint density at radius 1 is 1.18 bits per heavy atom. The fourth-order valence-corrected chi connectivity index (χ4v) is 4.45. The summed E-state index contributed by atoms with van der Waals surface area (Å²) in [6.07, 6.45) is 6.98. The van der Waals surface area contributed by atoms with E-state index in [0.717, 1.165) is 65.2 Å². The predicted molar refractivity (Wildman–Crippen MR) is 125 cm³/mol. The van der Waals surface area contributed by atoms with Crippen LogP contribution in [0.15, 0.2) is 41.4 Å². The topological polar surface area (TPSA) is 117 Å². The highest BCUT2D eigenvalue weighted by molar-refractivity contribution is 6.33. The van der Waals surface area contributed by atoms with Crippen molar-refractivity contribution < 1.29 is 4.63 Å². The van der Waals surface area contributed by atoms with E-state index in [9.17, 15) is 0 Å². The smallest absolute Gasteiger partial charge is 0.180 e. The van der Waals surface area contributed by atoms with Gasteiger partial charge in [-0.25, -0.2) is 9.61 Å². The van der Waals surface area contributed by atoms with Crippen LogP contribution in [0.4, 0.5) is 11.6 Å². The first kappa shape index (κ1) is 20.6. The molecule has 12 heteroatoms. The molecule has 0 saturated heterocycles. The summed E-state index contributed by atoms with van der Waals surface area (Å²) in [7, 11) is 1.87. The number of hydrogen-bond donors (Lipinski definition) is 1. The predicted octanol–water partition coefficient (Wildman–Crippen LogP) is 3.63. The molecule has 5 aromatic rings. The van der Waals surface area contributed by atoms with Crippen molar-refractivity contribution in [3.63, 3.8) is 0 Å². The van der Waals surface area contributed by atoms with E-state index < -0.39 is 0 Å². The third-order valence-corrected chi connectivity index (χ3v) is 6.35. The lowest BCUT2D eigenvalue weighted by Crippen LogP contribution is -2.06. The van der Waals surface area contributed by atoms with Crippen molar-refractivity contribution in [3.05, 3.63) is 59.0 Å². The van der Waals surface area contributed by atoms with Crippen LogP contribution in [0, 0.1) is 6.92 Å². The van der Waals surface area contributed by atoms with E-state index in [2.05, 4.69) is 57.3 Å². The summed E-state index contributed by atoms with van der Waals surface area (Å²) >= 11 is 6.57. The van der Waals surface area contributed by atoms with Crippen molar-refractivity contribution in [2.75, 3.05) is 5.32 Å². The Hall–Kier alpha value is -3.99. The Morgan fingerprint density at radius 3 is 2.88 bits per heavy atom. The normalized spacial score (nSPS) is 12.9. The minimum atomic E-state index is 0.523. The first-order valence-electron chi connectivity index (χ1n) is 10.9. The van der Waals surface area contributed by atoms with Gasteiger partial charge >= 0.3 is 0 Å². The van der Waals surface area contributed by atoms with Gasteiger partial charge in [-0.3, -0.25) is 4.68 Å². The zero-order valence-electron chi connectivity index (χ0n) is 18.6. The van der Waals surface area contributed by atoms with Gasteiger partial charge in [0.05, 0.1) is 23.3 Å². The molecule has 11 nitrogen and oxygen atoms in total. The quantitative estimate of drug-likeness (QED) is 0.408. The SMILES string of the molecule is Cc1nonc1Cc1nnc2n1CCCn1cc(-c3cc(Nc4ccnn4C)ncc3Cl)cc1-2. The number of rotatable bonds is 5. The van der Waals surface area contributed by atoms with Crippen LogP contribution in [0.1, 0.15) is 23.6 Å². The lowest BCUT2D eigenvalue weighted by atomic mass is 10.1. The van der Waals surface area contributed by atoms with Crippen LogP contribution in [0.2, 0.25) is 5.02 Å². The van der Waals surface area contributed by atoms with Gasteiger partial charge in [0.2, 0.25) is 0 Å². The van der Waals surface area contributed by atoms with E-state index >= 15 is 0 Å². The van der Waals surface area contributed by atoms with Crippen LogP contribution in [-0.2, 0) is 26.6 Å². The van der Waals surface area contributed by atoms with Crippen LogP contribution in [0.5, 0.6) is 0 Å². The van der Waals surface area contributed by atoms with E-state index in [0.29, 0.717) is 17.3 Å². The highest BCUT2D eigenvalue weighted by Crippen LogP contribution is 2.35. The lowest BCUT2D eigenvalue weighted by molar-refractivity contribution is 0.301. The van der Waals surface area contributed by atoms with Crippen LogP contribution in [0.3, 0.4) is 0 Å². The summed E-state index contributed by atoms with van der Waals surface area (Å²) in [5.41, 5.74) is 4.41. The summed E-state index contributed by atoms with van der Waals surface area (Å²) < 4.78 is 11.0. The molecule has 0 aliphatic carbocycles. The number of hydrogen-bond acceptors (Lipinski definition) is 8. The highest BCUT2D eigenvalue weighted by atomic mass is 35.5. The van der Waals surface area contributed by atoms with E-state index in [1.807, 2.05) is 26.1 Å². The number of nitrogens with zero attached hydrogens (tertiary/aromatic N) is 9. The number of aryl methyl sites for hydroxylation is 3. The van der Waals surface area contributed by atoms with Crippen LogP contribution >= 0.6 is 11.6 Å². The van der Waals surface area contributed by atoms with Gasteiger partial charge in [0.25, 0.3) is 0 Å². The molecular formula is C22H21ClN10O. The van der Waals surface area contributed by atoms with Crippen molar-refractivity contribution in [1.29, 1.82) is 0 Å². The second kappa shape index (κ2) is 8.10. The third-order valence-electron chi connectivity index (χ3n) is 6.05. The summed E-state index contributed by atoms with van der Waals surface area (Å²) in [5, 5.41) is 24.9. The number of nitrogens with one attached hydrogen (secondary N) is 1. The van der Waals surface area contributed by atoms with Gasteiger partial charge in [0.15, 0.2) is 5.82 Å². The van der Waals surface area contributed by atoms with E-state index in [1.54, 1.807) is 17.1 Å². The van der Waals surface area contributed by atoms with Gasteiger partial charge in [-0.05, 0) is 25.5 Å². The molecule has 172 valence electrons. The number of fused-ring (bicyclic) bond motifs is 3. The minimum absolute atomic E-state index is 0.523. The zero-order valence-corrected chi connectivity index (χ0v) is 19.4. The molecule has 34 heavy (non-hydrogen) atoms. The molecule has 5 aromatic heterocycles. The van der Waals surface area contributed by atoms with E-state index in [-0.39, 0.29) is 0 Å². The molecule has 0 amide bonds. The number of pyridine rings is 1. The van der Waals surface area contributed by atoms with Gasteiger partial charge in [0.1, 0.15) is 28.8 Å². The van der Waals surface area contributed by atoms with Gasteiger partial charge in [-0.15, -0.1) is 10.2 Å². The Labute approximate surface area is 199 Å². The van der Waals surface area contributed by atoms with Crippen molar-refractivity contribution in [1.82, 2.24) is 44.4 Å². The van der Waals surface area contributed by atoms with Crippen LogP contribution in [0.25, 0.3) is 22.6 Å².